The van der Waals surface area contributed by atoms with Gasteiger partial charge in [0.1, 0.15) is 6.10 Å². The van der Waals surface area contributed by atoms with Crippen molar-refractivity contribution in [1.29, 1.82) is 0 Å². The minimum atomic E-state index is -0.364. The van der Waals surface area contributed by atoms with E-state index < -0.39 is 0 Å². The van der Waals surface area contributed by atoms with Gasteiger partial charge in [-0.3, -0.25) is 4.79 Å². The fourth-order valence-electron chi connectivity index (χ4n) is 3.31. The number of benzene rings is 2. The molecule has 3 aromatic rings. The van der Waals surface area contributed by atoms with Crippen molar-refractivity contribution in [3.05, 3.63) is 94.7 Å². The van der Waals surface area contributed by atoms with Crippen LogP contribution in [0.1, 0.15) is 43.5 Å². The van der Waals surface area contributed by atoms with Crippen molar-refractivity contribution >= 4 is 11.9 Å². The summed E-state index contributed by atoms with van der Waals surface area (Å²) in [6.45, 7) is 0.349. The van der Waals surface area contributed by atoms with E-state index in [1.807, 2.05) is 36.4 Å². The van der Waals surface area contributed by atoms with Gasteiger partial charge in [-0.05, 0) is 34.9 Å². The molecule has 0 fully saturated rings. The third kappa shape index (κ3) is 4.11. The highest BCUT2D eigenvalue weighted by molar-refractivity contribution is 5.97. The van der Waals surface area contributed by atoms with Gasteiger partial charge in [0.05, 0.1) is 12.7 Å². The number of carbonyl (C=O) groups excluding carboxylic acids is 2. The molecule has 0 saturated carbocycles. The zero-order chi connectivity index (χ0) is 20.2. The molecule has 6 nitrogen and oxygen atoms in total. The van der Waals surface area contributed by atoms with Crippen molar-refractivity contribution in [2.45, 2.75) is 19.1 Å². The van der Waals surface area contributed by atoms with E-state index >= 15 is 0 Å². The maximum absolute atomic E-state index is 12.6. The molecule has 0 aliphatic carbocycles. The van der Waals surface area contributed by atoms with Crippen molar-refractivity contribution in [3.8, 4) is 5.88 Å². The predicted octanol–water partition coefficient (Wildman–Crippen LogP) is 3.47. The van der Waals surface area contributed by atoms with Crippen molar-refractivity contribution < 1.29 is 19.1 Å². The van der Waals surface area contributed by atoms with Gasteiger partial charge in [0.15, 0.2) is 0 Å². The molecule has 1 aliphatic rings. The SMILES string of the molecule is COc1ccc(CNC(=O)c2ccc3c(c2)C[C@@H](c2ccccc2)OC3=O)cn1. The van der Waals surface area contributed by atoms with Crippen LogP contribution in [0.4, 0.5) is 0 Å². The molecule has 4 rings (SSSR count). The van der Waals surface area contributed by atoms with Crippen LogP contribution in [0.3, 0.4) is 0 Å². The fourth-order valence-corrected chi connectivity index (χ4v) is 3.31. The molecule has 0 spiro atoms. The Labute approximate surface area is 168 Å². The van der Waals surface area contributed by atoms with E-state index in [-0.39, 0.29) is 18.0 Å². The lowest BCUT2D eigenvalue weighted by Crippen LogP contribution is -2.25. The summed E-state index contributed by atoms with van der Waals surface area (Å²) < 4.78 is 10.6. The summed E-state index contributed by atoms with van der Waals surface area (Å²) >= 11 is 0. The molecular formula is C23H20N2O4. The first kappa shape index (κ1) is 18.7. The molecule has 1 N–H and O–H groups in total. The van der Waals surface area contributed by atoms with Gasteiger partial charge in [0.2, 0.25) is 5.88 Å². The van der Waals surface area contributed by atoms with Gasteiger partial charge in [-0.25, -0.2) is 9.78 Å². The highest BCUT2D eigenvalue weighted by atomic mass is 16.5. The smallest absolute Gasteiger partial charge is 0.339 e. The lowest BCUT2D eigenvalue weighted by molar-refractivity contribution is 0.0252. The first-order valence-electron chi connectivity index (χ1n) is 9.30. The zero-order valence-corrected chi connectivity index (χ0v) is 15.9. The number of rotatable bonds is 5. The second-order valence-electron chi connectivity index (χ2n) is 6.77. The van der Waals surface area contributed by atoms with Crippen LogP contribution in [-0.4, -0.2) is 24.0 Å². The third-order valence-corrected chi connectivity index (χ3v) is 4.87. The molecule has 6 heteroatoms. The van der Waals surface area contributed by atoms with E-state index in [9.17, 15) is 9.59 Å². The van der Waals surface area contributed by atoms with Crippen LogP contribution in [0.25, 0.3) is 0 Å². The van der Waals surface area contributed by atoms with Crippen molar-refractivity contribution in [2.75, 3.05) is 7.11 Å². The molecule has 29 heavy (non-hydrogen) atoms. The molecule has 1 amide bonds. The summed E-state index contributed by atoms with van der Waals surface area (Å²) in [6, 6.07) is 18.3. The Bertz CT molecular complexity index is 1030. The van der Waals surface area contributed by atoms with E-state index in [4.69, 9.17) is 9.47 Å². The Morgan fingerprint density at radius 3 is 2.72 bits per heavy atom. The highest BCUT2D eigenvalue weighted by Gasteiger charge is 2.28. The summed E-state index contributed by atoms with van der Waals surface area (Å²) in [5, 5.41) is 2.88. The maximum atomic E-state index is 12.6. The Kier molecular flexibility index (Phi) is 5.24. The predicted molar refractivity (Wildman–Crippen MR) is 107 cm³/mol. The average molecular weight is 388 g/mol. The first-order valence-corrected chi connectivity index (χ1v) is 9.30. The largest absolute Gasteiger partial charge is 0.481 e. The van der Waals surface area contributed by atoms with Crippen LogP contribution in [0, 0.1) is 0 Å². The van der Waals surface area contributed by atoms with Gasteiger partial charge >= 0.3 is 5.97 Å². The molecule has 0 bridgehead atoms. The maximum Gasteiger partial charge on any atom is 0.339 e. The zero-order valence-electron chi connectivity index (χ0n) is 15.9. The fraction of sp³-hybridized carbons (Fsp3) is 0.174. The molecule has 0 radical (unpaired) electrons. The summed E-state index contributed by atoms with van der Waals surface area (Å²) in [6.07, 6.45) is 1.85. The quantitative estimate of drug-likeness (QED) is 0.677. The number of carbonyl (C=O) groups is 2. The lowest BCUT2D eigenvalue weighted by atomic mass is 9.93. The molecule has 146 valence electrons. The lowest BCUT2D eigenvalue weighted by Gasteiger charge is -2.25. The number of esters is 1. The monoisotopic (exact) mass is 388 g/mol. The van der Waals surface area contributed by atoms with Gasteiger partial charge in [0.25, 0.3) is 5.91 Å². The second kappa shape index (κ2) is 8.14. The Morgan fingerprint density at radius 2 is 2.00 bits per heavy atom. The first-order chi connectivity index (χ1) is 14.1. The van der Waals surface area contributed by atoms with Gasteiger partial charge in [-0.15, -0.1) is 0 Å². The minimum Gasteiger partial charge on any atom is -0.481 e. The van der Waals surface area contributed by atoms with Gasteiger partial charge in [-0.1, -0.05) is 36.4 Å². The summed E-state index contributed by atoms with van der Waals surface area (Å²) in [5.74, 6) is -0.0511. The highest BCUT2D eigenvalue weighted by Crippen LogP contribution is 2.31. The van der Waals surface area contributed by atoms with Crippen molar-refractivity contribution in [3.63, 3.8) is 0 Å². The second-order valence-corrected chi connectivity index (χ2v) is 6.77. The molecular weight excluding hydrogens is 368 g/mol. The summed E-state index contributed by atoms with van der Waals surface area (Å²) in [5.41, 5.74) is 3.63. The topological polar surface area (TPSA) is 77.5 Å². The van der Waals surface area contributed by atoms with Crippen LogP contribution in [0.15, 0.2) is 66.9 Å². The Hall–Kier alpha value is -3.67. The number of pyridine rings is 1. The number of amides is 1. The number of hydrogen-bond acceptors (Lipinski definition) is 5. The molecule has 1 atom stereocenters. The molecule has 0 saturated heterocycles. The average Bonchev–Trinajstić information content (AvgIpc) is 2.78. The van der Waals surface area contributed by atoms with E-state index in [0.29, 0.717) is 30.0 Å². The Morgan fingerprint density at radius 1 is 1.17 bits per heavy atom. The third-order valence-electron chi connectivity index (χ3n) is 4.87. The molecule has 2 aromatic carbocycles. The Balaban J connectivity index is 1.48. The molecule has 2 heterocycles. The number of nitrogens with zero attached hydrogens (tertiary/aromatic N) is 1. The van der Waals surface area contributed by atoms with Gasteiger partial charge in [-0.2, -0.15) is 0 Å². The number of ether oxygens (including phenoxy) is 2. The van der Waals surface area contributed by atoms with Crippen LogP contribution in [-0.2, 0) is 17.7 Å². The number of nitrogens with one attached hydrogen (secondary N) is 1. The van der Waals surface area contributed by atoms with Crippen LogP contribution in [0.2, 0.25) is 0 Å². The molecule has 0 unspecified atom stereocenters. The normalized spacial score (nSPS) is 15.2. The van der Waals surface area contributed by atoms with Gasteiger partial charge < -0.3 is 14.8 Å². The molecule has 1 aliphatic heterocycles. The van der Waals surface area contributed by atoms with E-state index in [1.54, 1.807) is 37.6 Å². The van der Waals surface area contributed by atoms with E-state index in [2.05, 4.69) is 10.3 Å². The van der Waals surface area contributed by atoms with E-state index in [1.165, 1.54) is 0 Å². The number of aromatic nitrogens is 1. The number of fused-ring (bicyclic) bond motifs is 1. The van der Waals surface area contributed by atoms with Gasteiger partial charge in [0, 0.05) is 30.8 Å². The van der Waals surface area contributed by atoms with Crippen molar-refractivity contribution in [1.82, 2.24) is 10.3 Å². The minimum absolute atomic E-state index is 0.209. The number of hydrogen-bond donors (Lipinski definition) is 1. The molecule has 1 aromatic heterocycles. The number of methoxy groups -OCH3 is 1. The van der Waals surface area contributed by atoms with Crippen molar-refractivity contribution in [2.24, 2.45) is 0 Å². The van der Waals surface area contributed by atoms with Crippen LogP contribution in [0.5, 0.6) is 5.88 Å². The summed E-state index contributed by atoms with van der Waals surface area (Å²) in [4.78, 5) is 29.1. The number of cyclic esters (lactones) is 1. The standard InChI is InChI=1S/C23H20N2O4/c1-28-21-10-7-15(13-24-21)14-25-22(26)17-8-9-19-18(11-17)12-20(29-23(19)27)16-5-3-2-4-6-16/h2-11,13,20H,12,14H2,1H3,(H,25,26)/t20-/m0/s1. The van der Waals surface area contributed by atoms with Crippen LogP contribution >= 0.6 is 0 Å². The summed E-state index contributed by atoms with van der Waals surface area (Å²) in [7, 11) is 1.55. The van der Waals surface area contributed by atoms with Crippen LogP contribution < -0.4 is 10.1 Å². The van der Waals surface area contributed by atoms with E-state index in [0.717, 1.165) is 16.7 Å².